The van der Waals surface area contributed by atoms with Crippen LogP contribution in [-0.2, 0) is 6.54 Å². The molecule has 2 rings (SSSR count). The van der Waals surface area contributed by atoms with Gasteiger partial charge in [0, 0.05) is 36.7 Å². The van der Waals surface area contributed by atoms with Crippen molar-refractivity contribution in [2.45, 2.75) is 18.7 Å². The molecule has 1 fully saturated rings. The topological polar surface area (TPSA) is 46.4 Å². The fourth-order valence-corrected chi connectivity index (χ4v) is 3.56. The van der Waals surface area contributed by atoms with Crippen LogP contribution in [-0.4, -0.2) is 33.9 Å². The van der Waals surface area contributed by atoms with Gasteiger partial charge in [-0.2, -0.15) is 11.8 Å². The Kier molecular flexibility index (Phi) is 4.64. The third-order valence-corrected chi connectivity index (χ3v) is 4.75. The molecule has 1 unspecified atom stereocenters. The second kappa shape index (κ2) is 6.04. The van der Waals surface area contributed by atoms with Crippen molar-refractivity contribution in [3.63, 3.8) is 0 Å². The van der Waals surface area contributed by atoms with Crippen LogP contribution >= 0.6 is 27.7 Å². The van der Waals surface area contributed by atoms with Gasteiger partial charge in [0.15, 0.2) is 0 Å². The van der Waals surface area contributed by atoms with Crippen LogP contribution in [0.1, 0.15) is 12.5 Å². The largest absolute Gasteiger partial charge is 0.297 e. The zero-order valence-corrected chi connectivity index (χ0v) is 12.5. The Morgan fingerprint density at radius 3 is 3.06 bits per heavy atom. The van der Waals surface area contributed by atoms with E-state index in [4.69, 9.17) is 0 Å². The smallest absolute Gasteiger partial charge is 0.283 e. The molecule has 6 heteroatoms. The number of halogens is 1. The molecule has 0 spiro atoms. The van der Waals surface area contributed by atoms with Gasteiger partial charge in [0.25, 0.3) is 5.69 Å². The maximum absolute atomic E-state index is 10.9. The van der Waals surface area contributed by atoms with E-state index in [0.717, 1.165) is 31.0 Å². The highest BCUT2D eigenvalue weighted by Gasteiger charge is 2.18. The first-order valence-electron chi connectivity index (χ1n) is 5.83. The molecular formula is C12H15BrN2O2S. The number of hydrogen-bond donors (Lipinski definition) is 0. The summed E-state index contributed by atoms with van der Waals surface area (Å²) < 4.78 is 0.541. The molecule has 0 saturated carbocycles. The molecule has 1 aliphatic heterocycles. The van der Waals surface area contributed by atoms with Gasteiger partial charge in [0.2, 0.25) is 0 Å². The molecule has 0 bridgehead atoms. The summed E-state index contributed by atoms with van der Waals surface area (Å²) in [5, 5.41) is 11.5. The summed E-state index contributed by atoms with van der Waals surface area (Å²) in [6.45, 7) is 5.12. The minimum absolute atomic E-state index is 0.145. The van der Waals surface area contributed by atoms with Gasteiger partial charge in [-0.3, -0.25) is 15.0 Å². The molecule has 0 radical (unpaired) electrons. The lowest BCUT2D eigenvalue weighted by Crippen LogP contribution is -2.36. The van der Waals surface area contributed by atoms with E-state index in [1.165, 1.54) is 0 Å². The van der Waals surface area contributed by atoms with E-state index in [9.17, 15) is 10.1 Å². The zero-order valence-electron chi connectivity index (χ0n) is 10.1. The first-order chi connectivity index (χ1) is 8.56. The van der Waals surface area contributed by atoms with E-state index >= 15 is 0 Å². The predicted molar refractivity (Wildman–Crippen MR) is 78.0 cm³/mol. The maximum Gasteiger partial charge on any atom is 0.283 e. The van der Waals surface area contributed by atoms with Gasteiger partial charge in [-0.25, -0.2) is 0 Å². The summed E-state index contributed by atoms with van der Waals surface area (Å²) in [7, 11) is 0. The highest BCUT2D eigenvalue weighted by atomic mass is 79.9. The van der Waals surface area contributed by atoms with Crippen LogP contribution in [0.4, 0.5) is 5.69 Å². The van der Waals surface area contributed by atoms with Crippen molar-refractivity contribution in [3.8, 4) is 0 Å². The van der Waals surface area contributed by atoms with E-state index in [2.05, 4.69) is 27.8 Å². The van der Waals surface area contributed by atoms with Gasteiger partial charge < -0.3 is 0 Å². The number of benzene rings is 1. The quantitative estimate of drug-likeness (QED) is 0.630. The fourth-order valence-electron chi connectivity index (χ4n) is 2.09. The van der Waals surface area contributed by atoms with Gasteiger partial charge in [-0.1, -0.05) is 13.0 Å². The third kappa shape index (κ3) is 3.46. The number of thioether (sulfide) groups is 1. The Balaban J connectivity index is 2.09. The summed E-state index contributed by atoms with van der Waals surface area (Å²) in [5.74, 6) is 1.14. The summed E-state index contributed by atoms with van der Waals surface area (Å²) in [5.41, 5.74) is 1.15. The molecule has 4 nitrogen and oxygen atoms in total. The summed E-state index contributed by atoms with van der Waals surface area (Å²) in [6.07, 6.45) is 0. The van der Waals surface area contributed by atoms with Crippen LogP contribution in [0, 0.1) is 10.1 Å². The highest BCUT2D eigenvalue weighted by Crippen LogP contribution is 2.27. The van der Waals surface area contributed by atoms with Crippen LogP contribution in [0.3, 0.4) is 0 Å². The number of nitrogens with zero attached hydrogens (tertiary/aromatic N) is 2. The molecule has 1 atom stereocenters. The van der Waals surface area contributed by atoms with Gasteiger partial charge >= 0.3 is 0 Å². The van der Waals surface area contributed by atoms with Crippen molar-refractivity contribution in [1.82, 2.24) is 4.90 Å². The Morgan fingerprint density at radius 2 is 2.39 bits per heavy atom. The maximum atomic E-state index is 10.9. The molecule has 0 amide bonds. The van der Waals surface area contributed by atoms with Gasteiger partial charge in [-0.15, -0.1) is 0 Å². The van der Waals surface area contributed by atoms with Crippen molar-refractivity contribution in [1.29, 1.82) is 0 Å². The summed E-state index contributed by atoms with van der Waals surface area (Å²) in [6, 6.07) is 5.37. The Labute approximate surface area is 119 Å². The number of nitro benzene ring substituents is 1. The van der Waals surface area contributed by atoms with E-state index in [1.807, 2.05) is 17.8 Å². The number of rotatable bonds is 3. The molecule has 18 heavy (non-hydrogen) atoms. The Morgan fingerprint density at radius 1 is 1.61 bits per heavy atom. The molecule has 98 valence electrons. The van der Waals surface area contributed by atoms with E-state index < -0.39 is 0 Å². The molecule has 0 aromatic heterocycles. The lowest BCUT2D eigenvalue weighted by atomic mass is 10.2. The molecule has 1 aliphatic rings. The average molecular weight is 331 g/mol. The molecule has 1 aromatic rings. The zero-order chi connectivity index (χ0) is 13.1. The first kappa shape index (κ1) is 13.8. The minimum Gasteiger partial charge on any atom is -0.297 e. The standard InChI is InChI=1S/C12H15BrN2O2S/c1-9-7-14(4-5-18-9)8-10-2-3-11(13)12(6-10)15(16)17/h2-3,6,9H,4-5,7-8H2,1H3. The van der Waals surface area contributed by atoms with Crippen molar-refractivity contribution in [2.75, 3.05) is 18.8 Å². The molecule has 1 saturated heterocycles. The summed E-state index contributed by atoms with van der Waals surface area (Å²) in [4.78, 5) is 12.9. The molecule has 1 aromatic carbocycles. The lowest BCUT2D eigenvalue weighted by molar-refractivity contribution is -0.385. The summed E-state index contributed by atoms with van der Waals surface area (Å²) >= 11 is 5.19. The van der Waals surface area contributed by atoms with Crippen LogP contribution in [0.2, 0.25) is 0 Å². The first-order valence-corrected chi connectivity index (χ1v) is 7.67. The lowest BCUT2D eigenvalue weighted by Gasteiger charge is -2.30. The number of nitro groups is 1. The van der Waals surface area contributed by atoms with Crippen molar-refractivity contribution in [3.05, 3.63) is 38.3 Å². The third-order valence-electron chi connectivity index (χ3n) is 2.94. The number of hydrogen-bond acceptors (Lipinski definition) is 4. The van der Waals surface area contributed by atoms with Gasteiger partial charge in [0.05, 0.1) is 9.40 Å². The van der Waals surface area contributed by atoms with Gasteiger partial charge in [0.1, 0.15) is 0 Å². The second-order valence-corrected chi connectivity index (χ2v) is 6.86. The monoisotopic (exact) mass is 330 g/mol. The van der Waals surface area contributed by atoms with E-state index in [1.54, 1.807) is 12.1 Å². The van der Waals surface area contributed by atoms with E-state index in [0.29, 0.717) is 9.72 Å². The highest BCUT2D eigenvalue weighted by molar-refractivity contribution is 9.10. The van der Waals surface area contributed by atoms with Crippen molar-refractivity contribution < 1.29 is 4.92 Å². The normalized spacial score (nSPS) is 20.9. The van der Waals surface area contributed by atoms with Crippen LogP contribution in [0.15, 0.2) is 22.7 Å². The van der Waals surface area contributed by atoms with Crippen molar-refractivity contribution in [2.24, 2.45) is 0 Å². The van der Waals surface area contributed by atoms with Crippen molar-refractivity contribution >= 4 is 33.4 Å². The van der Waals surface area contributed by atoms with Crippen LogP contribution in [0.25, 0.3) is 0 Å². The molecule has 0 N–H and O–H groups in total. The molecule has 1 heterocycles. The van der Waals surface area contributed by atoms with Gasteiger partial charge in [-0.05, 0) is 27.6 Å². The molecule has 0 aliphatic carbocycles. The fraction of sp³-hybridized carbons (Fsp3) is 0.500. The predicted octanol–water partition coefficient (Wildman–Crippen LogP) is 3.29. The second-order valence-electron chi connectivity index (χ2n) is 4.46. The average Bonchev–Trinajstić information content (AvgIpc) is 2.31. The Hall–Kier alpha value is -0.590. The minimum atomic E-state index is -0.345. The van der Waals surface area contributed by atoms with Crippen LogP contribution < -0.4 is 0 Å². The van der Waals surface area contributed by atoms with E-state index in [-0.39, 0.29) is 10.6 Å². The Bertz CT molecular complexity index is 456. The SMILES string of the molecule is CC1CN(Cc2ccc(Br)c([N+](=O)[O-])c2)CCS1. The van der Waals surface area contributed by atoms with Crippen LogP contribution in [0.5, 0.6) is 0 Å². The molecular weight excluding hydrogens is 316 g/mol.